The molecule has 2 rings (SSSR count). The van der Waals surface area contributed by atoms with E-state index in [2.05, 4.69) is 12.2 Å². The minimum atomic E-state index is -0.219. The van der Waals surface area contributed by atoms with E-state index in [0.717, 1.165) is 29.7 Å². The average Bonchev–Trinajstić information content (AvgIpc) is 2.62. The summed E-state index contributed by atoms with van der Waals surface area (Å²) in [5.74, 6) is 0.919. The maximum Gasteiger partial charge on any atom is 0.262 e. The van der Waals surface area contributed by atoms with Crippen LogP contribution >= 0.6 is 0 Å². The number of nitrogens with one attached hydrogen (secondary N) is 1. The summed E-state index contributed by atoms with van der Waals surface area (Å²) in [5, 5.41) is 2.80. The number of anilines is 1. The van der Waals surface area contributed by atoms with E-state index in [9.17, 15) is 4.79 Å². The number of nitrogens with two attached hydrogens (primary N) is 1. The highest BCUT2D eigenvalue weighted by Crippen LogP contribution is 2.28. The van der Waals surface area contributed by atoms with E-state index in [1.54, 1.807) is 7.11 Å². The van der Waals surface area contributed by atoms with Crippen LogP contribution in [0.4, 0.5) is 5.69 Å². The molecule has 0 aliphatic heterocycles. The van der Waals surface area contributed by atoms with Gasteiger partial charge in [0.25, 0.3) is 5.91 Å². The zero-order valence-electron chi connectivity index (χ0n) is 15.0. The Labute approximate surface area is 149 Å². The molecule has 0 spiro atoms. The second-order valence-corrected chi connectivity index (χ2v) is 6.06. The summed E-state index contributed by atoms with van der Waals surface area (Å²) in [6, 6.07) is 13.4. The molecule has 1 amide bonds. The van der Waals surface area contributed by atoms with Gasteiger partial charge < -0.3 is 20.5 Å². The Morgan fingerprint density at radius 1 is 1.16 bits per heavy atom. The molecule has 0 aliphatic rings. The number of ether oxygens (including phenoxy) is 2. The summed E-state index contributed by atoms with van der Waals surface area (Å²) < 4.78 is 11.0. The van der Waals surface area contributed by atoms with Gasteiger partial charge >= 0.3 is 0 Å². The number of rotatable bonds is 8. The van der Waals surface area contributed by atoms with Crippen molar-refractivity contribution >= 4 is 11.6 Å². The van der Waals surface area contributed by atoms with Gasteiger partial charge in [-0.2, -0.15) is 0 Å². The molecule has 1 atom stereocenters. The van der Waals surface area contributed by atoms with Crippen molar-refractivity contribution in [2.75, 3.05) is 19.0 Å². The van der Waals surface area contributed by atoms with E-state index in [1.165, 1.54) is 0 Å². The van der Waals surface area contributed by atoms with Crippen molar-refractivity contribution in [1.82, 2.24) is 0 Å². The molecular weight excluding hydrogens is 316 g/mol. The first-order valence-corrected chi connectivity index (χ1v) is 8.43. The smallest absolute Gasteiger partial charge is 0.262 e. The van der Waals surface area contributed by atoms with Crippen molar-refractivity contribution in [2.24, 2.45) is 5.73 Å². The normalized spacial score (nSPS) is 11.7. The van der Waals surface area contributed by atoms with Gasteiger partial charge in [-0.05, 0) is 49.6 Å². The minimum Gasteiger partial charge on any atom is -0.493 e. The summed E-state index contributed by atoms with van der Waals surface area (Å²) in [5.41, 5.74) is 8.96. The summed E-state index contributed by atoms with van der Waals surface area (Å²) in [6.45, 7) is 3.97. The van der Waals surface area contributed by atoms with Crippen LogP contribution in [0.25, 0.3) is 0 Å². The lowest BCUT2D eigenvalue weighted by molar-refractivity contribution is -0.118. The topological polar surface area (TPSA) is 73.6 Å². The SMILES string of the molecule is CCC(N)Cc1ccc(OCC(=O)Nc2ccc(C)cc2)c(OC)c1. The van der Waals surface area contributed by atoms with Crippen molar-refractivity contribution in [3.05, 3.63) is 53.6 Å². The summed E-state index contributed by atoms with van der Waals surface area (Å²) in [7, 11) is 1.58. The van der Waals surface area contributed by atoms with E-state index >= 15 is 0 Å². The molecule has 0 saturated carbocycles. The van der Waals surface area contributed by atoms with Gasteiger partial charge in [0.15, 0.2) is 18.1 Å². The van der Waals surface area contributed by atoms with E-state index in [-0.39, 0.29) is 18.6 Å². The molecule has 0 radical (unpaired) electrons. The summed E-state index contributed by atoms with van der Waals surface area (Å²) in [6.07, 6.45) is 1.70. The molecule has 5 heteroatoms. The van der Waals surface area contributed by atoms with Crippen molar-refractivity contribution in [3.8, 4) is 11.5 Å². The lowest BCUT2D eigenvalue weighted by Crippen LogP contribution is -2.21. The van der Waals surface area contributed by atoms with Crippen LogP contribution in [0, 0.1) is 6.92 Å². The first-order valence-electron chi connectivity index (χ1n) is 8.43. The lowest BCUT2D eigenvalue weighted by atomic mass is 10.0. The zero-order chi connectivity index (χ0) is 18.2. The molecule has 134 valence electrons. The molecular formula is C20H26N2O3. The maximum absolute atomic E-state index is 12.0. The predicted octanol–water partition coefficient (Wildman–Crippen LogP) is 3.30. The highest BCUT2D eigenvalue weighted by Gasteiger charge is 2.10. The Hall–Kier alpha value is -2.53. The van der Waals surface area contributed by atoms with Gasteiger partial charge in [0.05, 0.1) is 7.11 Å². The first kappa shape index (κ1) is 18.8. The summed E-state index contributed by atoms with van der Waals surface area (Å²) >= 11 is 0. The third-order valence-electron chi connectivity index (χ3n) is 3.94. The van der Waals surface area contributed by atoms with Gasteiger partial charge in [0, 0.05) is 11.7 Å². The van der Waals surface area contributed by atoms with Crippen LogP contribution in [-0.4, -0.2) is 25.7 Å². The predicted molar refractivity (Wildman–Crippen MR) is 100 cm³/mol. The van der Waals surface area contributed by atoms with Crippen LogP contribution < -0.4 is 20.5 Å². The van der Waals surface area contributed by atoms with Crippen molar-refractivity contribution in [3.63, 3.8) is 0 Å². The molecule has 0 bridgehead atoms. The molecule has 2 aromatic carbocycles. The Kier molecular flexibility index (Phi) is 6.83. The average molecular weight is 342 g/mol. The molecule has 0 fully saturated rings. The quantitative estimate of drug-likeness (QED) is 0.772. The highest BCUT2D eigenvalue weighted by atomic mass is 16.5. The van der Waals surface area contributed by atoms with Gasteiger partial charge in [-0.3, -0.25) is 4.79 Å². The molecule has 5 nitrogen and oxygen atoms in total. The molecule has 1 unspecified atom stereocenters. The minimum absolute atomic E-state index is 0.0853. The zero-order valence-corrected chi connectivity index (χ0v) is 15.0. The maximum atomic E-state index is 12.0. The van der Waals surface area contributed by atoms with Crippen LogP contribution in [0.3, 0.4) is 0 Å². The molecule has 3 N–H and O–H groups in total. The van der Waals surface area contributed by atoms with Crippen LogP contribution in [0.1, 0.15) is 24.5 Å². The molecule has 0 saturated heterocycles. The molecule has 0 aliphatic carbocycles. The number of carbonyl (C=O) groups excluding carboxylic acids is 1. The Bertz CT molecular complexity index is 699. The number of methoxy groups -OCH3 is 1. The number of carbonyl (C=O) groups is 1. The van der Waals surface area contributed by atoms with E-state index in [4.69, 9.17) is 15.2 Å². The van der Waals surface area contributed by atoms with Gasteiger partial charge in [0.1, 0.15) is 0 Å². The molecule has 0 heterocycles. The van der Waals surface area contributed by atoms with Crippen LogP contribution in [0.2, 0.25) is 0 Å². The third kappa shape index (κ3) is 5.80. The largest absolute Gasteiger partial charge is 0.493 e. The van der Waals surface area contributed by atoms with Crippen LogP contribution in [-0.2, 0) is 11.2 Å². The van der Waals surface area contributed by atoms with E-state index in [0.29, 0.717) is 11.5 Å². The number of amides is 1. The van der Waals surface area contributed by atoms with Gasteiger partial charge in [-0.15, -0.1) is 0 Å². The fraction of sp³-hybridized carbons (Fsp3) is 0.350. The fourth-order valence-electron chi connectivity index (χ4n) is 2.38. The van der Waals surface area contributed by atoms with Crippen LogP contribution in [0.15, 0.2) is 42.5 Å². The van der Waals surface area contributed by atoms with Crippen molar-refractivity contribution < 1.29 is 14.3 Å². The number of aryl methyl sites for hydroxylation is 1. The number of hydrogen-bond donors (Lipinski definition) is 2. The van der Waals surface area contributed by atoms with E-state index in [1.807, 2.05) is 49.4 Å². The third-order valence-corrected chi connectivity index (χ3v) is 3.94. The Morgan fingerprint density at radius 3 is 2.52 bits per heavy atom. The van der Waals surface area contributed by atoms with Gasteiger partial charge in [-0.1, -0.05) is 30.7 Å². The second-order valence-electron chi connectivity index (χ2n) is 6.06. The summed E-state index contributed by atoms with van der Waals surface area (Å²) in [4.78, 5) is 12.0. The highest BCUT2D eigenvalue weighted by molar-refractivity contribution is 5.91. The fourth-order valence-corrected chi connectivity index (χ4v) is 2.38. The van der Waals surface area contributed by atoms with E-state index < -0.39 is 0 Å². The molecule has 2 aromatic rings. The molecule has 0 aromatic heterocycles. The van der Waals surface area contributed by atoms with Crippen LogP contribution in [0.5, 0.6) is 11.5 Å². The number of hydrogen-bond acceptors (Lipinski definition) is 4. The Morgan fingerprint density at radius 2 is 1.88 bits per heavy atom. The van der Waals surface area contributed by atoms with Gasteiger partial charge in [0.2, 0.25) is 0 Å². The van der Waals surface area contributed by atoms with Crippen molar-refractivity contribution in [2.45, 2.75) is 32.7 Å². The molecule has 25 heavy (non-hydrogen) atoms. The number of benzene rings is 2. The first-order chi connectivity index (χ1) is 12.0. The van der Waals surface area contributed by atoms with Crippen molar-refractivity contribution in [1.29, 1.82) is 0 Å². The standard InChI is InChI=1S/C20H26N2O3/c1-4-16(21)11-15-7-10-18(19(12-15)24-3)25-13-20(23)22-17-8-5-14(2)6-9-17/h5-10,12,16H,4,11,13,21H2,1-3H3,(H,22,23). The Balaban J connectivity index is 1.94. The lowest BCUT2D eigenvalue weighted by Gasteiger charge is -2.14. The second kappa shape index (κ2) is 9.08. The monoisotopic (exact) mass is 342 g/mol. The van der Waals surface area contributed by atoms with Gasteiger partial charge in [-0.25, -0.2) is 0 Å².